The molecule has 0 radical (unpaired) electrons. The van der Waals surface area contributed by atoms with Crippen molar-refractivity contribution in [2.45, 2.75) is 0 Å². The van der Waals surface area contributed by atoms with Gasteiger partial charge in [0.2, 0.25) is 5.78 Å². The van der Waals surface area contributed by atoms with Crippen LogP contribution in [0, 0.1) is 0 Å². The van der Waals surface area contributed by atoms with Crippen molar-refractivity contribution < 1.29 is 9.59 Å². The van der Waals surface area contributed by atoms with Crippen LogP contribution in [0.3, 0.4) is 0 Å². The summed E-state index contributed by atoms with van der Waals surface area (Å²) in [6.45, 7) is 0. The maximum absolute atomic E-state index is 10.8. The molecule has 0 unspecified atom stereocenters. The maximum atomic E-state index is 10.8. The van der Waals surface area contributed by atoms with Crippen molar-refractivity contribution in [2.24, 2.45) is 0 Å². The number of thioether (sulfide) groups is 1. The van der Waals surface area contributed by atoms with Gasteiger partial charge in [0.15, 0.2) is 0 Å². The second-order valence-corrected chi connectivity index (χ2v) is 4.20. The van der Waals surface area contributed by atoms with Crippen LogP contribution in [0.5, 0.6) is 0 Å². The van der Waals surface area contributed by atoms with E-state index in [0.29, 0.717) is 0 Å². The minimum atomic E-state index is -0.400. The summed E-state index contributed by atoms with van der Waals surface area (Å²) in [5.74, 6) is -0.400. The lowest BCUT2D eigenvalue weighted by molar-refractivity contribution is -0.128. The van der Waals surface area contributed by atoms with Gasteiger partial charge in [0.05, 0.1) is 0 Å². The third-order valence-corrected chi connectivity index (χ3v) is 3.41. The van der Waals surface area contributed by atoms with Crippen LogP contribution in [-0.4, -0.2) is 10.9 Å². The second-order valence-electron chi connectivity index (χ2n) is 2.24. The molecule has 2 rings (SSSR count). The molecule has 1 aliphatic rings. The van der Waals surface area contributed by atoms with Crippen LogP contribution >= 0.6 is 23.1 Å². The lowest BCUT2D eigenvalue weighted by Crippen LogP contribution is -1.98. The Kier molecular flexibility index (Phi) is 1.86. The quantitative estimate of drug-likeness (QED) is 0.644. The first-order valence-electron chi connectivity index (χ1n) is 3.29. The van der Waals surface area contributed by atoms with Crippen molar-refractivity contribution in [2.75, 3.05) is 0 Å². The van der Waals surface area contributed by atoms with Crippen LogP contribution in [0.25, 0.3) is 4.91 Å². The molecule has 0 N–H and O–H groups in total. The van der Waals surface area contributed by atoms with E-state index in [9.17, 15) is 9.59 Å². The van der Waals surface area contributed by atoms with Gasteiger partial charge in [-0.3, -0.25) is 9.59 Å². The van der Waals surface area contributed by atoms with E-state index < -0.39 is 5.78 Å². The number of carbonyl (C=O) groups is 2. The predicted octanol–water partition coefficient (Wildman–Crippen LogP) is 1.93. The molecule has 2 nitrogen and oxygen atoms in total. The Morgan fingerprint density at radius 1 is 1.25 bits per heavy atom. The maximum Gasteiger partial charge on any atom is 0.264 e. The smallest absolute Gasteiger partial charge is 0.264 e. The van der Waals surface area contributed by atoms with Gasteiger partial charge in [0, 0.05) is 15.9 Å². The number of carbonyl (C=O) groups excluding carboxylic acids is 2. The van der Waals surface area contributed by atoms with Gasteiger partial charge in [0.1, 0.15) is 0 Å². The van der Waals surface area contributed by atoms with Gasteiger partial charge in [0.25, 0.3) is 5.12 Å². The predicted molar refractivity (Wildman–Crippen MR) is 49.9 cm³/mol. The lowest BCUT2D eigenvalue weighted by atomic mass is 10.3. The molecule has 4 heteroatoms. The van der Waals surface area contributed by atoms with E-state index in [0.717, 1.165) is 21.5 Å². The normalized spacial score (nSPS) is 16.8. The van der Waals surface area contributed by atoms with Crippen LogP contribution < -0.4 is 0 Å². The number of hydrogen-bond donors (Lipinski definition) is 0. The fourth-order valence-electron chi connectivity index (χ4n) is 0.898. The molecule has 0 saturated carbocycles. The highest BCUT2D eigenvalue weighted by Crippen LogP contribution is 2.35. The Hall–Kier alpha value is -0.870. The third-order valence-electron chi connectivity index (χ3n) is 1.43. The Bertz CT molecular complexity index is 362. The molecule has 1 aliphatic heterocycles. The minimum Gasteiger partial charge on any atom is -0.285 e. The monoisotopic (exact) mass is 196 g/mol. The molecule has 0 fully saturated rings. The van der Waals surface area contributed by atoms with E-state index in [1.54, 1.807) is 0 Å². The number of rotatable bonds is 1. The summed E-state index contributed by atoms with van der Waals surface area (Å²) in [5.41, 5.74) is 0. The Labute approximate surface area is 77.3 Å². The molecule has 0 aliphatic carbocycles. The van der Waals surface area contributed by atoms with Crippen molar-refractivity contribution in [1.82, 2.24) is 0 Å². The summed E-state index contributed by atoms with van der Waals surface area (Å²) in [4.78, 5) is 23.4. The molecule has 0 aromatic carbocycles. The average Bonchev–Trinajstić information content (AvgIpc) is 2.61. The van der Waals surface area contributed by atoms with Gasteiger partial charge < -0.3 is 0 Å². The molecule has 0 bridgehead atoms. The van der Waals surface area contributed by atoms with E-state index in [1.165, 1.54) is 17.4 Å². The van der Waals surface area contributed by atoms with E-state index >= 15 is 0 Å². The molecule has 0 spiro atoms. The summed E-state index contributed by atoms with van der Waals surface area (Å²) in [6.07, 6.45) is 1.40. The highest BCUT2D eigenvalue weighted by atomic mass is 32.2. The zero-order valence-corrected chi connectivity index (χ0v) is 7.58. The van der Waals surface area contributed by atoms with Crippen LogP contribution in [0.2, 0.25) is 0 Å². The summed E-state index contributed by atoms with van der Waals surface area (Å²) < 4.78 is 0. The standard InChI is InChI=1S/C8H4O2S2/c9-5-4-7(12-8(5)10)6-2-1-3-11-6/h1-4H. The number of allylic oxidation sites excluding steroid dienone is 1. The zero-order valence-electron chi connectivity index (χ0n) is 5.94. The number of ketones is 1. The zero-order chi connectivity index (χ0) is 8.55. The van der Waals surface area contributed by atoms with Crippen molar-refractivity contribution in [3.63, 3.8) is 0 Å². The summed E-state index contributed by atoms with van der Waals surface area (Å²) >= 11 is 2.55. The van der Waals surface area contributed by atoms with Crippen LogP contribution in [0.1, 0.15) is 4.88 Å². The SMILES string of the molecule is O=C1C=C(c2cccs2)SC1=O. The minimum absolute atomic E-state index is 0.376. The fraction of sp³-hybridized carbons (Fsp3) is 0. The lowest BCUT2D eigenvalue weighted by Gasteiger charge is -1.90. The van der Waals surface area contributed by atoms with Gasteiger partial charge >= 0.3 is 0 Å². The van der Waals surface area contributed by atoms with Gasteiger partial charge in [-0.05, 0) is 23.2 Å². The molecule has 0 atom stereocenters. The summed E-state index contributed by atoms with van der Waals surface area (Å²) in [7, 11) is 0. The molecular weight excluding hydrogens is 192 g/mol. The Balaban J connectivity index is 2.35. The van der Waals surface area contributed by atoms with E-state index in [4.69, 9.17) is 0 Å². The van der Waals surface area contributed by atoms with Crippen molar-refractivity contribution in [1.29, 1.82) is 0 Å². The highest BCUT2D eigenvalue weighted by molar-refractivity contribution is 8.24. The van der Waals surface area contributed by atoms with Crippen molar-refractivity contribution >= 4 is 38.9 Å². The molecule has 12 heavy (non-hydrogen) atoms. The first kappa shape index (κ1) is 7.76. The number of thiophene rings is 1. The highest BCUT2D eigenvalue weighted by Gasteiger charge is 2.24. The second kappa shape index (κ2) is 2.88. The molecule has 2 heterocycles. The van der Waals surface area contributed by atoms with Crippen LogP contribution in [0.15, 0.2) is 23.6 Å². The largest absolute Gasteiger partial charge is 0.285 e. The van der Waals surface area contributed by atoms with Crippen LogP contribution in [0.4, 0.5) is 0 Å². The molecular formula is C8H4O2S2. The average molecular weight is 196 g/mol. The van der Waals surface area contributed by atoms with Crippen LogP contribution in [-0.2, 0) is 9.59 Å². The topological polar surface area (TPSA) is 34.1 Å². The molecule has 60 valence electrons. The first-order chi connectivity index (χ1) is 5.77. The number of hydrogen-bond acceptors (Lipinski definition) is 4. The Morgan fingerprint density at radius 3 is 2.58 bits per heavy atom. The van der Waals surface area contributed by atoms with Gasteiger partial charge in [-0.1, -0.05) is 6.07 Å². The summed E-state index contributed by atoms with van der Waals surface area (Å²) in [5, 5.41) is 1.54. The molecule has 0 amide bonds. The van der Waals surface area contributed by atoms with Crippen molar-refractivity contribution in [3.05, 3.63) is 28.5 Å². The van der Waals surface area contributed by atoms with Gasteiger partial charge in [-0.2, -0.15) is 0 Å². The Morgan fingerprint density at radius 2 is 2.08 bits per heavy atom. The molecule has 1 aromatic rings. The van der Waals surface area contributed by atoms with Gasteiger partial charge in [-0.25, -0.2) is 0 Å². The van der Waals surface area contributed by atoms with Crippen molar-refractivity contribution in [3.8, 4) is 0 Å². The fourth-order valence-corrected chi connectivity index (χ4v) is 2.50. The van der Waals surface area contributed by atoms with E-state index in [2.05, 4.69) is 0 Å². The summed E-state index contributed by atoms with van der Waals surface area (Å²) in [6, 6.07) is 3.80. The third kappa shape index (κ3) is 1.23. The molecule has 1 aromatic heterocycles. The van der Waals surface area contributed by atoms with Gasteiger partial charge in [-0.15, -0.1) is 11.3 Å². The first-order valence-corrected chi connectivity index (χ1v) is 4.99. The molecule has 0 saturated heterocycles. The van der Waals surface area contributed by atoms with E-state index in [1.807, 2.05) is 17.5 Å². The van der Waals surface area contributed by atoms with E-state index in [-0.39, 0.29) is 5.12 Å².